The standard InChI is InChI=1S/C17H27N3O/c1-19-9-7-13-12-14(5-6-16(13)19)17-15(18)4-3-8-20(17)10-11-21-2/h5-6,12,15,17H,3-4,7-11,18H2,1-2H3. The molecule has 0 saturated carbocycles. The highest BCUT2D eigenvalue weighted by atomic mass is 16.5. The first-order valence-corrected chi connectivity index (χ1v) is 8.03. The van der Waals surface area contributed by atoms with Crippen molar-refractivity contribution in [2.24, 2.45) is 5.73 Å². The van der Waals surface area contributed by atoms with Crippen molar-refractivity contribution in [1.82, 2.24) is 4.90 Å². The van der Waals surface area contributed by atoms with E-state index in [2.05, 4.69) is 35.0 Å². The molecule has 4 nitrogen and oxygen atoms in total. The molecule has 0 aliphatic carbocycles. The molecule has 2 N–H and O–H groups in total. The summed E-state index contributed by atoms with van der Waals surface area (Å²) in [7, 11) is 3.94. The summed E-state index contributed by atoms with van der Waals surface area (Å²) in [6.45, 7) is 3.99. The first kappa shape index (κ1) is 14.8. The number of anilines is 1. The monoisotopic (exact) mass is 289 g/mol. The molecular formula is C17H27N3O. The number of nitrogens with two attached hydrogens (primary N) is 1. The van der Waals surface area contributed by atoms with Crippen molar-refractivity contribution >= 4 is 5.69 Å². The number of nitrogens with zero attached hydrogens (tertiary/aromatic N) is 2. The normalized spacial score (nSPS) is 26.1. The fourth-order valence-corrected chi connectivity index (χ4v) is 3.79. The lowest BCUT2D eigenvalue weighted by atomic mass is 9.90. The molecule has 1 aromatic rings. The topological polar surface area (TPSA) is 41.7 Å². The average molecular weight is 289 g/mol. The van der Waals surface area contributed by atoms with E-state index in [1.54, 1.807) is 7.11 Å². The molecule has 0 bridgehead atoms. The number of hydrogen-bond acceptors (Lipinski definition) is 4. The van der Waals surface area contributed by atoms with E-state index in [-0.39, 0.29) is 6.04 Å². The van der Waals surface area contributed by atoms with Gasteiger partial charge in [-0.25, -0.2) is 0 Å². The molecule has 0 aromatic heterocycles. The summed E-state index contributed by atoms with van der Waals surface area (Å²) in [5.74, 6) is 0. The van der Waals surface area contributed by atoms with E-state index in [0.717, 1.165) is 39.1 Å². The number of rotatable bonds is 4. The van der Waals surface area contributed by atoms with Crippen molar-refractivity contribution in [3.8, 4) is 0 Å². The number of fused-ring (bicyclic) bond motifs is 1. The molecule has 2 aliphatic rings. The molecule has 2 aliphatic heterocycles. The Morgan fingerprint density at radius 3 is 3.00 bits per heavy atom. The third-order valence-corrected chi connectivity index (χ3v) is 4.94. The molecule has 1 saturated heterocycles. The Morgan fingerprint density at radius 1 is 1.33 bits per heavy atom. The van der Waals surface area contributed by atoms with E-state index in [9.17, 15) is 0 Å². The minimum atomic E-state index is 0.229. The smallest absolute Gasteiger partial charge is 0.0589 e. The van der Waals surface area contributed by atoms with Gasteiger partial charge in [-0.2, -0.15) is 0 Å². The summed E-state index contributed by atoms with van der Waals surface area (Å²) in [6, 6.07) is 7.50. The van der Waals surface area contributed by atoms with Crippen molar-refractivity contribution in [3.63, 3.8) is 0 Å². The van der Waals surface area contributed by atoms with Crippen LogP contribution >= 0.6 is 0 Å². The van der Waals surface area contributed by atoms with Gasteiger partial charge in [-0.1, -0.05) is 12.1 Å². The van der Waals surface area contributed by atoms with Crippen LogP contribution in [0.5, 0.6) is 0 Å². The zero-order chi connectivity index (χ0) is 14.8. The van der Waals surface area contributed by atoms with E-state index in [1.807, 2.05) is 0 Å². The highest BCUT2D eigenvalue weighted by molar-refractivity contribution is 5.58. The van der Waals surface area contributed by atoms with Gasteiger partial charge in [0.1, 0.15) is 0 Å². The molecule has 0 radical (unpaired) electrons. The van der Waals surface area contributed by atoms with Crippen LogP contribution in [0.3, 0.4) is 0 Å². The van der Waals surface area contributed by atoms with Gasteiger partial charge >= 0.3 is 0 Å². The van der Waals surface area contributed by atoms with E-state index < -0.39 is 0 Å². The SMILES string of the molecule is COCCN1CCCC(N)C1c1ccc2c(c1)CCN2C. The van der Waals surface area contributed by atoms with Crippen LogP contribution in [0, 0.1) is 0 Å². The fourth-order valence-electron chi connectivity index (χ4n) is 3.79. The van der Waals surface area contributed by atoms with Crippen LogP contribution in [0.4, 0.5) is 5.69 Å². The zero-order valence-corrected chi connectivity index (χ0v) is 13.2. The van der Waals surface area contributed by atoms with Crippen LogP contribution in [-0.2, 0) is 11.2 Å². The lowest BCUT2D eigenvalue weighted by molar-refractivity contribution is 0.0848. The van der Waals surface area contributed by atoms with Gasteiger partial charge in [0, 0.05) is 45.0 Å². The Labute approximate surface area is 127 Å². The second kappa shape index (κ2) is 6.34. The Morgan fingerprint density at radius 2 is 2.19 bits per heavy atom. The molecule has 21 heavy (non-hydrogen) atoms. The molecule has 2 heterocycles. The van der Waals surface area contributed by atoms with Gasteiger partial charge in [0.25, 0.3) is 0 Å². The maximum Gasteiger partial charge on any atom is 0.0589 e. The molecule has 0 amide bonds. The van der Waals surface area contributed by atoms with Gasteiger partial charge in [-0.05, 0) is 43.0 Å². The molecule has 4 heteroatoms. The Bertz CT molecular complexity index is 491. The second-order valence-electron chi connectivity index (χ2n) is 6.34. The van der Waals surface area contributed by atoms with Crippen LogP contribution in [0.25, 0.3) is 0 Å². The summed E-state index contributed by atoms with van der Waals surface area (Å²) in [5.41, 5.74) is 10.7. The molecular weight excluding hydrogens is 262 g/mol. The number of hydrogen-bond donors (Lipinski definition) is 1. The van der Waals surface area contributed by atoms with Gasteiger partial charge in [-0.15, -0.1) is 0 Å². The number of methoxy groups -OCH3 is 1. The summed E-state index contributed by atoms with van der Waals surface area (Å²) >= 11 is 0. The molecule has 116 valence electrons. The molecule has 1 aromatic carbocycles. The van der Waals surface area contributed by atoms with E-state index in [0.29, 0.717) is 6.04 Å². The van der Waals surface area contributed by atoms with E-state index in [4.69, 9.17) is 10.5 Å². The number of benzene rings is 1. The summed E-state index contributed by atoms with van der Waals surface area (Å²) in [5, 5.41) is 0. The predicted octanol–water partition coefficient (Wildman–Crippen LogP) is 1.79. The Hall–Kier alpha value is -1.10. The molecule has 3 rings (SSSR count). The molecule has 2 unspecified atom stereocenters. The maximum atomic E-state index is 6.45. The summed E-state index contributed by atoms with van der Waals surface area (Å²) in [6.07, 6.45) is 3.46. The van der Waals surface area contributed by atoms with Crippen LogP contribution in [0.1, 0.15) is 30.0 Å². The summed E-state index contributed by atoms with van der Waals surface area (Å²) < 4.78 is 5.26. The number of piperidine rings is 1. The van der Waals surface area contributed by atoms with E-state index >= 15 is 0 Å². The van der Waals surface area contributed by atoms with Crippen molar-refractivity contribution in [1.29, 1.82) is 0 Å². The van der Waals surface area contributed by atoms with Crippen molar-refractivity contribution in [3.05, 3.63) is 29.3 Å². The highest BCUT2D eigenvalue weighted by Gasteiger charge is 2.31. The molecule has 0 spiro atoms. The minimum absolute atomic E-state index is 0.229. The summed E-state index contributed by atoms with van der Waals surface area (Å²) in [4.78, 5) is 4.83. The quantitative estimate of drug-likeness (QED) is 0.917. The average Bonchev–Trinajstić information content (AvgIpc) is 2.86. The fraction of sp³-hybridized carbons (Fsp3) is 0.647. The van der Waals surface area contributed by atoms with Crippen LogP contribution in [-0.4, -0.2) is 51.3 Å². The third kappa shape index (κ3) is 2.93. The number of likely N-dealkylation sites (tertiary alicyclic amines) is 1. The van der Waals surface area contributed by atoms with Crippen molar-refractivity contribution < 1.29 is 4.74 Å². The van der Waals surface area contributed by atoms with Crippen LogP contribution < -0.4 is 10.6 Å². The largest absolute Gasteiger partial charge is 0.383 e. The second-order valence-corrected chi connectivity index (χ2v) is 6.34. The lowest BCUT2D eigenvalue weighted by Crippen LogP contribution is -2.46. The first-order valence-electron chi connectivity index (χ1n) is 8.03. The van der Waals surface area contributed by atoms with Crippen molar-refractivity contribution in [2.45, 2.75) is 31.3 Å². The Kier molecular flexibility index (Phi) is 4.48. The van der Waals surface area contributed by atoms with Gasteiger partial charge in [0.15, 0.2) is 0 Å². The molecule has 2 atom stereocenters. The predicted molar refractivity (Wildman–Crippen MR) is 86.8 cm³/mol. The first-order chi connectivity index (χ1) is 10.2. The number of ether oxygens (including phenoxy) is 1. The van der Waals surface area contributed by atoms with Gasteiger partial charge in [-0.3, -0.25) is 4.90 Å². The van der Waals surface area contributed by atoms with Crippen molar-refractivity contribution in [2.75, 3.05) is 45.3 Å². The third-order valence-electron chi connectivity index (χ3n) is 4.94. The zero-order valence-electron chi connectivity index (χ0n) is 13.2. The van der Waals surface area contributed by atoms with E-state index in [1.165, 1.54) is 23.2 Å². The van der Waals surface area contributed by atoms with Gasteiger partial charge in [0.2, 0.25) is 0 Å². The van der Waals surface area contributed by atoms with Gasteiger partial charge < -0.3 is 15.4 Å². The maximum absolute atomic E-state index is 6.45. The molecule has 1 fully saturated rings. The van der Waals surface area contributed by atoms with Crippen LogP contribution in [0.15, 0.2) is 18.2 Å². The lowest BCUT2D eigenvalue weighted by Gasteiger charge is -2.40. The Balaban J connectivity index is 1.85. The van der Waals surface area contributed by atoms with Crippen LogP contribution in [0.2, 0.25) is 0 Å². The van der Waals surface area contributed by atoms with Gasteiger partial charge in [0.05, 0.1) is 6.61 Å². The number of likely N-dealkylation sites (N-methyl/N-ethyl adjacent to an activating group) is 1. The minimum Gasteiger partial charge on any atom is -0.383 e. The highest BCUT2D eigenvalue weighted by Crippen LogP contribution is 2.34.